The highest BCUT2D eigenvalue weighted by molar-refractivity contribution is 9.10. The minimum absolute atomic E-state index is 0.161. The molecule has 2 aromatic rings. The number of furan rings is 1. The van der Waals surface area contributed by atoms with Crippen molar-refractivity contribution in [3.63, 3.8) is 0 Å². The number of ketones is 1. The number of hydrogen-bond acceptors (Lipinski definition) is 4. The molecule has 0 atom stereocenters. The second-order valence-corrected chi connectivity index (χ2v) is 5.66. The van der Waals surface area contributed by atoms with Crippen molar-refractivity contribution in [2.75, 3.05) is 13.2 Å². The monoisotopic (exact) mass is 416 g/mol. The van der Waals surface area contributed by atoms with Crippen molar-refractivity contribution >= 4 is 37.6 Å². The molecule has 0 aliphatic rings. The molecular weight excluding hydrogens is 404 g/mol. The normalized spacial score (nSPS) is 10.5. The lowest BCUT2D eigenvalue weighted by Crippen LogP contribution is -2.05. The van der Waals surface area contributed by atoms with Gasteiger partial charge >= 0.3 is 0 Å². The quantitative estimate of drug-likeness (QED) is 0.631. The van der Waals surface area contributed by atoms with Gasteiger partial charge in [-0.05, 0) is 63.9 Å². The first-order valence-electron chi connectivity index (χ1n) is 6.45. The molecule has 1 aromatic carbocycles. The van der Waals surface area contributed by atoms with Gasteiger partial charge in [0.05, 0.1) is 25.0 Å². The molecule has 0 aliphatic heterocycles. The van der Waals surface area contributed by atoms with E-state index in [2.05, 4.69) is 31.9 Å². The molecule has 112 valence electrons. The molecule has 0 fully saturated rings. The molecule has 0 N–H and O–H groups in total. The van der Waals surface area contributed by atoms with Crippen LogP contribution < -0.4 is 9.47 Å². The Morgan fingerprint density at radius 3 is 2.24 bits per heavy atom. The van der Waals surface area contributed by atoms with Gasteiger partial charge in [0.2, 0.25) is 0 Å². The number of rotatable bonds is 6. The van der Waals surface area contributed by atoms with Crippen LogP contribution in [0, 0.1) is 0 Å². The van der Waals surface area contributed by atoms with E-state index in [1.54, 1.807) is 18.2 Å². The molecule has 0 amide bonds. The first kappa shape index (κ1) is 16.1. The van der Waals surface area contributed by atoms with Crippen LogP contribution in [-0.2, 0) is 0 Å². The van der Waals surface area contributed by atoms with Crippen molar-refractivity contribution in [3.05, 3.63) is 44.7 Å². The predicted molar refractivity (Wildman–Crippen MR) is 86.3 cm³/mol. The number of benzene rings is 1. The van der Waals surface area contributed by atoms with Crippen LogP contribution in [0.3, 0.4) is 0 Å². The smallest absolute Gasteiger partial charge is 0.198 e. The summed E-state index contributed by atoms with van der Waals surface area (Å²) in [4.78, 5) is 12.6. The second-order valence-electron chi connectivity index (χ2n) is 4.08. The van der Waals surface area contributed by atoms with Gasteiger partial charge in [-0.25, -0.2) is 0 Å². The minimum Gasteiger partial charge on any atom is -0.490 e. The van der Waals surface area contributed by atoms with Gasteiger partial charge < -0.3 is 13.9 Å². The van der Waals surface area contributed by atoms with Crippen molar-refractivity contribution in [1.29, 1.82) is 0 Å². The molecular formula is C15H14Br2O4. The maximum absolute atomic E-state index is 12.6. The van der Waals surface area contributed by atoms with Gasteiger partial charge in [-0.3, -0.25) is 4.79 Å². The highest BCUT2D eigenvalue weighted by atomic mass is 79.9. The van der Waals surface area contributed by atoms with Crippen molar-refractivity contribution in [1.82, 2.24) is 0 Å². The Balaban J connectivity index is 2.46. The summed E-state index contributed by atoms with van der Waals surface area (Å²) in [5.41, 5.74) is 0.950. The Morgan fingerprint density at radius 1 is 1.10 bits per heavy atom. The average Bonchev–Trinajstić information content (AvgIpc) is 2.87. The molecule has 0 bridgehead atoms. The molecule has 2 rings (SSSR count). The van der Waals surface area contributed by atoms with Gasteiger partial charge in [0.25, 0.3) is 0 Å². The molecule has 4 nitrogen and oxygen atoms in total. The predicted octanol–water partition coefficient (Wildman–Crippen LogP) is 4.83. The van der Waals surface area contributed by atoms with Crippen molar-refractivity contribution < 1.29 is 18.7 Å². The summed E-state index contributed by atoms with van der Waals surface area (Å²) >= 11 is 6.63. The van der Waals surface area contributed by atoms with Gasteiger partial charge in [-0.1, -0.05) is 0 Å². The number of carbonyl (C=O) groups excluding carboxylic acids is 1. The van der Waals surface area contributed by atoms with Crippen molar-refractivity contribution in [3.8, 4) is 11.5 Å². The van der Waals surface area contributed by atoms with Gasteiger partial charge in [-0.2, -0.15) is 0 Å². The third-order valence-corrected chi connectivity index (χ3v) is 4.01. The van der Waals surface area contributed by atoms with E-state index < -0.39 is 0 Å². The largest absolute Gasteiger partial charge is 0.490 e. The Morgan fingerprint density at radius 2 is 1.71 bits per heavy atom. The van der Waals surface area contributed by atoms with E-state index in [1.807, 2.05) is 13.8 Å². The Kier molecular flexibility index (Phi) is 5.47. The summed E-state index contributed by atoms with van der Waals surface area (Å²) in [6, 6.07) is 5.05. The summed E-state index contributed by atoms with van der Waals surface area (Å²) in [7, 11) is 0. The van der Waals surface area contributed by atoms with E-state index in [9.17, 15) is 4.79 Å². The molecule has 21 heavy (non-hydrogen) atoms. The lowest BCUT2D eigenvalue weighted by atomic mass is 10.1. The van der Waals surface area contributed by atoms with Crippen LogP contribution in [0.25, 0.3) is 0 Å². The zero-order chi connectivity index (χ0) is 15.4. The van der Waals surface area contributed by atoms with Gasteiger partial charge in [0.1, 0.15) is 0 Å². The maximum Gasteiger partial charge on any atom is 0.198 e. The van der Waals surface area contributed by atoms with Crippen LogP contribution in [0.5, 0.6) is 11.5 Å². The summed E-state index contributed by atoms with van der Waals surface area (Å²) in [6.07, 6.45) is 1.46. The Labute approximate surface area is 139 Å². The third kappa shape index (κ3) is 3.49. The number of halogens is 2. The summed E-state index contributed by atoms with van der Waals surface area (Å²) < 4.78 is 17.2. The molecule has 1 aromatic heterocycles. The number of carbonyl (C=O) groups is 1. The van der Waals surface area contributed by atoms with Gasteiger partial charge in [0.15, 0.2) is 22.0 Å². The zero-order valence-corrected chi connectivity index (χ0v) is 14.8. The van der Waals surface area contributed by atoms with Crippen LogP contribution in [0.4, 0.5) is 0 Å². The van der Waals surface area contributed by atoms with Crippen LogP contribution in [0.1, 0.15) is 29.8 Å². The van der Waals surface area contributed by atoms with Gasteiger partial charge in [-0.15, -0.1) is 0 Å². The number of ether oxygens (including phenoxy) is 2. The fraction of sp³-hybridized carbons (Fsp3) is 0.267. The standard InChI is InChI=1S/C15H14Br2O4/c1-3-19-12-7-10(11(16)8-13(12)20-4-2)14(18)9-5-6-21-15(9)17/h5-8H,3-4H2,1-2H3. The summed E-state index contributed by atoms with van der Waals surface area (Å²) in [5.74, 6) is 0.992. The molecule has 0 aliphatic carbocycles. The van der Waals surface area contributed by atoms with E-state index >= 15 is 0 Å². The molecule has 0 radical (unpaired) electrons. The first-order valence-corrected chi connectivity index (χ1v) is 8.03. The van der Waals surface area contributed by atoms with Crippen LogP contribution in [0.15, 0.2) is 38.0 Å². The topological polar surface area (TPSA) is 48.7 Å². The third-order valence-electron chi connectivity index (χ3n) is 2.74. The summed E-state index contributed by atoms with van der Waals surface area (Å²) in [5, 5.41) is 0. The van der Waals surface area contributed by atoms with E-state index in [4.69, 9.17) is 13.9 Å². The van der Waals surface area contributed by atoms with Crippen molar-refractivity contribution in [2.24, 2.45) is 0 Å². The summed E-state index contributed by atoms with van der Waals surface area (Å²) in [6.45, 7) is 4.79. The lowest BCUT2D eigenvalue weighted by molar-refractivity contribution is 0.103. The molecule has 0 saturated heterocycles. The van der Waals surface area contributed by atoms with E-state index in [0.29, 0.717) is 45.0 Å². The lowest BCUT2D eigenvalue weighted by Gasteiger charge is -2.13. The molecule has 0 saturated carbocycles. The van der Waals surface area contributed by atoms with Crippen LogP contribution in [-0.4, -0.2) is 19.0 Å². The van der Waals surface area contributed by atoms with E-state index in [-0.39, 0.29) is 5.78 Å². The zero-order valence-electron chi connectivity index (χ0n) is 11.6. The average molecular weight is 418 g/mol. The molecule has 1 heterocycles. The second kappa shape index (κ2) is 7.13. The SMILES string of the molecule is CCOc1cc(Br)c(C(=O)c2ccoc2Br)cc1OCC. The fourth-order valence-electron chi connectivity index (χ4n) is 1.85. The van der Waals surface area contributed by atoms with Crippen LogP contribution >= 0.6 is 31.9 Å². The first-order chi connectivity index (χ1) is 10.1. The number of hydrogen-bond donors (Lipinski definition) is 0. The fourth-order valence-corrected chi connectivity index (χ4v) is 2.77. The maximum atomic E-state index is 12.6. The van der Waals surface area contributed by atoms with Gasteiger partial charge in [0, 0.05) is 10.0 Å². The van der Waals surface area contributed by atoms with E-state index in [1.165, 1.54) is 6.26 Å². The van der Waals surface area contributed by atoms with Crippen LogP contribution in [0.2, 0.25) is 0 Å². The Hall–Kier alpha value is -1.27. The van der Waals surface area contributed by atoms with Crippen molar-refractivity contribution in [2.45, 2.75) is 13.8 Å². The Bertz CT molecular complexity index is 649. The highest BCUT2D eigenvalue weighted by Crippen LogP contribution is 2.35. The molecule has 6 heteroatoms. The molecule has 0 unspecified atom stereocenters. The van der Waals surface area contributed by atoms with E-state index in [0.717, 1.165) is 0 Å². The minimum atomic E-state index is -0.161. The molecule has 0 spiro atoms. The highest BCUT2D eigenvalue weighted by Gasteiger charge is 2.20.